The Hall–Kier alpha value is -2.95. The van der Waals surface area contributed by atoms with Crippen LogP contribution < -0.4 is 10.1 Å². The number of carbonyl (C=O) groups is 2. The van der Waals surface area contributed by atoms with E-state index in [1.54, 1.807) is 0 Å². The third kappa shape index (κ3) is 6.10. The van der Waals surface area contributed by atoms with Crippen LogP contribution in [0.3, 0.4) is 0 Å². The molecule has 1 saturated heterocycles. The highest BCUT2D eigenvalue weighted by Gasteiger charge is 2.30. The average Bonchev–Trinajstić information content (AvgIpc) is 2.84. The van der Waals surface area contributed by atoms with Crippen LogP contribution in [-0.4, -0.2) is 64.6 Å². The van der Waals surface area contributed by atoms with Crippen molar-refractivity contribution < 1.29 is 32.2 Å². The second-order valence-electron chi connectivity index (χ2n) is 7.41. The van der Waals surface area contributed by atoms with E-state index in [1.165, 1.54) is 29.6 Å². The van der Waals surface area contributed by atoms with Gasteiger partial charge in [0.25, 0.3) is 5.91 Å². The van der Waals surface area contributed by atoms with Crippen LogP contribution in [0.15, 0.2) is 53.4 Å². The molecular formula is C23H28N2O7S. The van der Waals surface area contributed by atoms with E-state index in [0.717, 1.165) is 5.56 Å². The normalized spacial score (nSPS) is 15.5. The average molecular weight is 477 g/mol. The molecule has 1 unspecified atom stereocenters. The van der Waals surface area contributed by atoms with Crippen LogP contribution in [0.1, 0.15) is 24.8 Å². The molecule has 0 aromatic heterocycles. The summed E-state index contributed by atoms with van der Waals surface area (Å²) >= 11 is 0. The van der Waals surface area contributed by atoms with Gasteiger partial charge in [0.2, 0.25) is 10.0 Å². The van der Waals surface area contributed by atoms with Crippen LogP contribution in [0.2, 0.25) is 0 Å². The van der Waals surface area contributed by atoms with Crippen LogP contribution in [0.4, 0.5) is 5.69 Å². The highest BCUT2D eigenvalue weighted by Crippen LogP contribution is 2.30. The van der Waals surface area contributed by atoms with Crippen molar-refractivity contribution in [3.8, 4) is 5.75 Å². The molecule has 1 aliphatic heterocycles. The predicted molar refractivity (Wildman–Crippen MR) is 122 cm³/mol. The van der Waals surface area contributed by atoms with Crippen molar-refractivity contribution in [2.75, 3.05) is 45.3 Å². The van der Waals surface area contributed by atoms with Gasteiger partial charge in [-0.25, -0.2) is 8.42 Å². The molecule has 2 aromatic rings. The summed E-state index contributed by atoms with van der Waals surface area (Å²) in [6, 6.07) is 13.5. The summed E-state index contributed by atoms with van der Waals surface area (Å²) in [5.74, 6) is -1.37. The molecule has 2 aromatic carbocycles. The molecule has 1 amide bonds. The van der Waals surface area contributed by atoms with E-state index >= 15 is 0 Å². The topological polar surface area (TPSA) is 111 Å². The Labute approximate surface area is 193 Å². The second-order valence-corrected chi connectivity index (χ2v) is 9.32. The highest BCUT2D eigenvalue weighted by molar-refractivity contribution is 7.89. The number of rotatable bonds is 9. The number of methoxy groups -OCH3 is 1. The SMILES string of the molecule is CCC(C(=O)OCC(=O)Nc1ccc(OC)c(S(=O)(=O)N2CCOCC2)c1)c1ccccc1. The number of sulfonamides is 1. The van der Waals surface area contributed by atoms with Gasteiger partial charge in [-0.3, -0.25) is 9.59 Å². The minimum Gasteiger partial charge on any atom is -0.495 e. The Morgan fingerprint density at radius 3 is 2.45 bits per heavy atom. The van der Waals surface area contributed by atoms with Crippen molar-refractivity contribution in [2.24, 2.45) is 0 Å². The summed E-state index contributed by atoms with van der Waals surface area (Å²) < 4.78 is 43.1. The fourth-order valence-electron chi connectivity index (χ4n) is 3.54. The van der Waals surface area contributed by atoms with Gasteiger partial charge < -0.3 is 19.5 Å². The Bertz CT molecular complexity index is 1070. The molecule has 33 heavy (non-hydrogen) atoms. The second kappa shape index (κ2) is 11.3. The number of benzene rings is 2. The van der Waals surface area contributed by atoms with Crippen molar-refractivity contribution in [2.45, 2.75) is 24.2 Å². The maximum absolute atomic E-state index is 13.1. The quantitative estimate of drug-likeness (QED) is 0.553. The number of ether oxygens (including phenoxy) is 3. The maximum atomic E-state index is 13.1. The first-order valence-corrected chi connectivity index (χ1v) is 12.1. The fraction of sp³-hybridized carbons (Fsp3) is 0.391. The van der Waals surface area contributed by atoms with Gasteiger partial charge >= 0.3 is 5.97 Å². The first-order chi connectivity index (χ1) is 15.9. The Balaban J connectivity index is 1.67. The van der Waals surface area contributed by atoms with E-state index in [0.29, 0.717) is 19.6 Å². The minimum absolute atomic E-state index is 0.0585. The van der Waals surface area contributed by atoms with Crippen LogP contribution in [0.25, 0.3) is 0 Å². The number of esters is 1. The molecule has 1 aliphatic rings. The zero-order valence-electron chi connectivity index (χ0n) is 18.7. The van der Waals surface area contributed by atoms with Gasteiger partial charge in [-0.2, -0.15) is 4.31 Å². The summed E-state index contributed by atoms with van der Waals surface area (Å²) in [4.78, 5) is 24.8. The molecular weight excluding hydrogens is 448 g/mol. The van der Waals surface area contributed by atoms with Gasteiger partial charge in [0, 0.05) is 18.8 Å². The molecule has 1 heterocycles. The van der Waals surface area contributed by atoms with E-state index < -0.39 is 34.4 Å². The Morgan fingerprint density at radius 2 is 1.82 bits per heavy atom. The van der Waals surface area contributed by atoms with Crippen LogP contribution in [0.5, 0.6) is 5.75 Å². The molecule has 0 aliphatic carbocycles. The minimum atomic E-state index is -3.84. The predicted octanol–water partition coefficient (Wildman–Crippen LogP) is 2.39. The van der Waals surface area contributed by atoms with E-state index in [4.69, 9.17) is 14.2 Å². The number of nitrogens with one attached hydrogen (secondary N) is 1. The van der Waals surface area contributed by atoms with Crippen molar-refractivity contribution in [1.82, 2.24) is 4.31 Å². The zero-order valence-corrected chi connectivity index (χ0v) is 19.5. The van der Waals surface area contributed by atoms with Crippen LogP contribution >= 0.6 is 0 Å². The molecule has 0 spiro atoms. The van der Waals surface area contributed by atoms with Crippen molar-refractivity contribution in [3.63, 3.8) is 0 Å². The largest absolute Gasteiger partial charge is 0.495 e. The number of hydrogen-bond donors (Lipinski definition) is 1. The maximum Gasteiger partial charge on any atom is 0.313 e. The van der Waals surface area contributed by atoms with E-state index in [-0.39, 0.29) is 29.4 Å². The molecule has 0 saturated carbocycles. The molecule has 0 radical (unpaired) electrons. The molecule has 3 rings (SSSR count). The fourth-order valence-corrected chi connectivity index (χ4v) is 5.13. The number of hydrogen-bond acceptors (Lipinski definition) is 7. The molecule has 1 fully saturated rings. The van der Waals surface area contributed by atoms with Gasteiger partial charge in [0.05, 0.1) is 26.2 Å². The number of amides is 1. The molecule has 1 atom stereocenters. The molecule has 10 heteroatoms. The highest BCUT2D eigenvalue weighted by atomic mass is 32.2. The first-order valence-electron chi connectivity index (χ1n) is 10.6. The third-order valence-corrected chi connectivity index (χ3v) is 7.20. The van der Waals surface area contributed by atoms with Crippen molar-refractivity contribution in [3.05, 3.63) is 54.1 Å². The summed E-state index contributed by atoms with van der Waals surface area (Å²) in [5.41, 5.74) is 1.07. The summed E-state index contributed by atoms with van der Waals surface area (Å²) in [6.45, 7) is 2.47. The number of anilines is 1. The summed E-state index contributed by atoms with van der Waals surface area (Å²) in [7, 11) is -2.47. The zero-order chi connectivity index (χ0) is 23.8. The third-order valence-electron chi connectivity index (χ3n) is 5.28. The van der Waals surface area contributed by atoms with E-state index in [1.807, 2.05) is 37.3 Å². The van der Waals surface area contributed by atoms with Gasteiger partial charge in [-0.05, 0) is 30.2 Å². The lowest BCUT2D eigenvalue weighted by molar-refractivity contribution is -0.149. The Morgan fingerprint density at radius 1 is 1.12 bits per heavy atom. The van der Waals surface area contributed by atoms with Gasteiger partial charge in [-0.15, -0.1) is 0 Å². The molecule has 178 valence electrons. The van der Waals surface area contributed by atoms with Crippen LogP contribution in [0, 0.1) is 0 Å². The standard InChI is InChI=1S/C23H28N2O7S/c1-3-19(17-7-5-4-6-8-17)23(27)32-16-22(26)24-18-9-10-20(30-2)21(15-18)33(28,29)25-11-13-31-14-12-25/h4-10,15,19H,3,11-14,16H2,1-2H3,(H,24,26). The van der Waals surface area contributed by atoms with Gasteiger partial charge in [0.15, 0.2) is 6.61 Å². The molecule has 1 N–H and O–H groups in total. The monoisotopic (exact) mass is 476 g/mol. The number of morpholine rings is 1. The first kappa shape index (κ1) is 24.7. The number of nitrogens with zero attached hydrogens (tertiary/aromatic N) is 1. The van der Waals surface area contributed by atoms with Crippen LogP contribution in [-0.2, 0) is 29.1 Å². The lowest BCUT2D eigenvalue weighted by Gasteiger charge is -2.26. The summed E-state index contributed by atoms with van der Waals surface area (Å²) in [6.07, 6.45) is 0.533. The van der Waals surface area contributed by atoms with E-state index in [9.17, 15) is 18.0 Å². The van der Waals surface area contributed by atoms with Gasteiger partial charge in [0.1, 0.15) is 10.6 Å². The smallest absolute Gasteiger partial charge is 0.313 e. The lowest BCUT2D eigenvalue weighted by atomic mass is 9.97. The van der Waals surface area contributed by atoms with Crippen molar-refractivity contribution >= 4 is 27.6 Å². The number of carbonyl (C=O) groups excluding carboxylic acids is 2. The van der Waals surface area contributed by atoms with E-state index in [2.05, 4.69) is 5.32 Å². The lowest BCUT2D eigenvalue weighted by Crippen LogP contribution is -2.40. The molecule has 0 bridgehead atoms. The Kier molecular flexibility index (Phi) is 8.43. The molecule has 9 nitrogen and oxygen atoms in total. The van der Waals surface area contributed by atoms with Gasteiger partial charge in [-0.1, -0.05) is 37.3 Å². The summed E-state index contributed by atoms with van der Waals surface area (Å²) in [5, 5.41) is 2.58. The van der Waals surface area contributed by atoms with Crippen molar-refractivity contribution in [1.29, 1.82) is 0 Å².